The lowest BCUT2D eigenvalue weighted by atomic mass is 9.99. The van der Waals surface area contributed by atoms with Gasteiger partial charge in [0, 0.05) is 0 Å². The molecule has 0 spiro atoms. The highest BCUT2D eigenvalue weighted by Gasteiger charge is 2.28. The molecule has 5 nitrogen and oxygen atoms in total. The molecule has 2 aromatic rings. The van der Waals surface area contributed by atoms with Crippen LogP contribution in [0.4, 0.5) is 4.79 Å². The summed E-state index contributed by atoms with van der Waals surface area (Å²) in [5.74, 6) is 0. The van der Waals surface area contributed by atoms with E-state index < -0.39 is 6.09 Å². The predicted molar refractivity (Wildman–Crippen MR) is 91.8 cm³/mol. The summed E-state index contributed by atoms with van der Waals surface area (Å²) in [6, 6.07) is 20.4. The maximum Gasteiger partial charge on any atom is 0.417 e. The number of methoxy groups -OCH3 is 1. The molecule has 5 heteroatoms. The lowest BCUT2D eigenvalue weighted by Gasteiger charge is -2.17. The molecule has 1 heterocycles. The summed E-state index contributed by atoms with van der Waals surface area (Å²) in [5.41, 5.74) is 2.26. The fourth-order valence-electron chi connectivity index (χ4n) is 2.67. The van der Waals surface area contributed by atoms with E-state index in [1.165, 1.54) is 17.6 Å². The predicted octanol–water partition coefficient (Wildman–Crippen LogP) is 3.43. The highest BCUT2D eigenvalue weighted by atomic mass is 16.6. The van der Waals surface area contributed by atoms with Gasteiger partial charge in [0.15, 0.2) is 0 Å². The smallest absolute Gasteiger partial charge is 0.417 e. The maximum atomic E-state index is 11.8. The highest BCUT2D eigenvalue weighted by molar-refractivity contribution is 5.92. The fourth-order valence-corrected chi connectivity index (χ4v) is 2.67. The van der Waals surface area contributed by atoms with E-state index in [-0.39, 0.29) is 6.04 Å². The molecule has 1 aliphatic heterocycles. The number of hydrogen-bond acceptors (Lipinski definition) is 4. The Balaban J connectivity index is 1.90. The maximum absolute atomic E-state index is 11.8. The largest absolute Gasteiger partial charge is 0.463 e. The molecule has 0 radical (unpaired) electrons. The second-order valence-corrected chi connectivity index (χ2v) is 5.50. The number of hydrogen-bond donors (Lipinski definition) is 0. The van der Waals surface area contributed by atoms with Gasteiger partial charge in [0.1, 0.15) is 6.61 Å². The summed E-state index contributed by atoms with van der Waals surface area (Å²) >= 11 is 0. The van der Waals surface area contributed by atoms with Crippen LogP contribution in [0.5, 0.6) is 0 Å². The number of amides is 1. The third-order valence-corrected chi connectivity index (χ3v) is 3.89. The molecule has 0 saturated carbocycles. The molecule has 124 valence electrons. The van der Waals surface area contributed by atoms with Crippen molar-refractivity contribution >= 4 is 12.1 Å². The molecular formula is C19H20N2O3. The number of rotatable bonds is 4. The number of amidine groups is 1. The van der Waals surface area contributed by atoms with E-state index in [1.54, 1.807) is 0 Å². The minimum Gasteiger partial charge on any atom is -0.463 e. The van der Waals surface area contributed by atoms with E-state index in [4.69, 9.17) is 14.5 Å². The van der Waals surface area contributed by atoms with Crippen LogP contribution in [0.15, 0.2) is 65.7 Å². The van der Waals surface area contributed by atoms with Crippen molar-refractivity contribution in [2.75, 3.05) is 20.3 Å². The first-order valence-corrected chi connectivity index (χ1v) is 7.93. The quantitative estimate of drug-likeness (QED) is 0.866. The first-order valence-electron chi connectivity index (χ1n) is 7.93. The Kier molecular flexibility index (Phi) is 5.11. The summed E-state index contributed by atoms with van der Waals surface area (Å²) in [6.07, 6.45) is 0.282. The van der Waals surface area contributed by atoms with Crippen LogP contribution in [-0.2, 0) is 15.9 Å². The Morgan fingerprint density at radius 3 is 2.50 bits per heavy atom. The summed E-state index contributed by atoms with van der Waals surface area (Å²) in [6.45, 7) is 0.888. The van der Waals surface area contributed by atoms with Crippen LogP contribution in [0, 0.1) is 0 Å². The lowest BCUT2D eigenvalue weighted by Crippen LogP contribution is -2.33. The topological polar surface area (TPSA) is 51.1 Å². The second-order valence-electron chi connectivity index (χ2n) is 5.50. The molecular weight excluding hydrogens is 304 g/mol. The van der Waals surface area contributed by atoms with Gasteiger partial charge in [-0.3, -0.25) is 0 Å². The molecule has 1 amide bonds. The first kappa shape index (κ1) is 16.1. The van der Waals surface area contributed by atoms with Gasteiger partial charge in [0.05, 0.1) is 19.7 Å². The number of carbonyl (C=O) groups is 1. The number of benzene rings is 2. The molecule has 0 aliphatic carbocycles. The summed E-state index contributed by atoms with van der Waals surface area (Å²) in [5, 5.41) is 0. The van der Waals surface area contributed by atoms with Crippen LogP contribution in [0.1, 0.15) is 17.2 Å². The highest BCUT2D eigenvalue weighted by Crippen LogP contribution is 2.24. The molecule has 1 saturated heterocycles. The minimum absolute atomic E-state index is 0.131. The lowest BCUT2D eigenvalue weighted by molar-refractivity contribution is 0.148. The number of carbonyl (C=O) groups excluding carboxylic acids is 1. The standard InChI is InChI=1S/C19H20N2O3/c1-23-19(22)21-12-13-24-18(21)20-17(16-10-6-3-7-11-16)14-15-8-4-2-5-9-15/h2-11,17H,12-14H2,1H3/b20-18-. The first-order chi connectivity index (χ1) is 11.8. The molecule has 2 aromatic carbocycles. The second kappa shape index (κ2) is 7.64. The van der Waals surface area contributed by atoms with Crippen molar-refractivity contribution in [3.63, 3.8) is 0 Å². The molecule has 1 aliphatic rings. The minimum atomic E-state index is -0.447. The van der Waals surface area contributed by atoms with Gasteiger partial charge in [0.2, 0.25) is 0 Å². The van der Waals surface area contributed by atoms with Gasteiger partial charge in [-0.2, -0.15) is 0 Å². The van der Waals surface area contributed by atoms with Gasteiger partial charge in [0.25, 0.3) is 6.02 Å². The molecule has 1 unspecified atom stereocenters. The van der Waals surface area contributed by atoms with Gasteiger partial charge in [-0.25, -0.2) is 14.7 Å². The monoisotopic (exact) mass is 324 g/mol. The van der Waals surface area contributed by atoms with Crippen molar-refractivity contribution in [2.45, 2.75) is 12.5 Å². The molecule has 1 fully saturated rings. The fraction of sp³-hybridized carbons (Fsp3) is 0.263. The van der Waals surface area contributed by atoms with E-state index in [0.717, 1.165) is 12.0 Å². The van der Waals surface area contributed by atoms with Crippen LogP contribution in [-0.4, -0.2) is 37.3 Å². The zero-order valence-electron chi connectivity index (χ0n) is 13.6. The normalized spacial score (nSPS) is 16.7. The zero-order chi connectivity index (χ0) is 16.8. The Labute approximate surface area is 141 Å². The SMILES string of the molecule is COC(=O)N1CCO/C1=N\C(Cc1ccccc1)c1ccccc1. The van der Waals surface area contributed by atoms with Crippen LogP contribution < -0.4 is 0 Å². The van der Waals surface area contributed by atoms with E-state index >= 15 is 0 Å². The molecule has 0 N–H and O–H groups in total. The zero-order valence-corrected chi connectivity index (χ0v) is 13.6. The molecule has 0 bridgehead atoms. The van der Waals surface area contributed by atoms with Crippen LogP contribution in [0.25, 0.3) is 0 Å². The van der Waals surface area contributed by atoms with E-state index in [1.807, 2.05) is 48.5 Å². The summed E-state index contributed by atoms with van der Waals surface area (Å²) < 4.78 is 10.3. The number of nitrogens with zero attached hydrogens (tertiary/aromatic N) is 2. The van der Waals surface area contributed by atoms with Gasteiger partial charge in [-0.15, -0.1) is 0 Å². The van der Waals surface area contributed by atoms with Gasteiger partial charge < -0.3 is 9.47 Å². The summed E-state index contributed by atoms with van der Waals surface area (Å²) in [4.78, 5) is 18.0. The van der Waals surface area contributed by atoms with Crippen LogP contribution >= 0.6 is 0 Å². The van der Waals surface area contributed by atoms with Gasteiger partial charge in [-0.05, 0) is 17.5 Å². The van der Waals surface area contributed by atoms with Crippen molar-refractivity contribution in [2.24, 2.45) is 4.99 Å². The van der Waals surface area contributed by atoms with Crippen molar-refractivity contribution in [3.05, 3.63) is 71.8 Å². The molecule has 24 heavy (non-hydrogen) atoms. The van der Waals surface area contributed by atoms with Gasteiger partial charge in [-0.1, -0.05) is 60.7 Å². The van der Waals surface area contributed by atoms with Crippen molar-refractivity contribution < 1.29 is 14.3 Å². The van der Waals surface area contributed by atoms with Gasteiger partial charge >= 0.3 is 6.09 Å². The van der Waals surface area contributed by atoms with E-state index in [2.05, 4.69) is 12.1 Å². The van der Waals surface area contributed by atoms with Crippen LogP contribution in [0.2, 0.25) is 0 Å². The van der Waals surface area contributed by atoms with Crippen molar-refractivity contribution in [1.82, 2.24) is 4.90 Å². The number of aliphatic imine (C=N–C) groups is 1. The van der Waals surface area contributed by atoms with Crippen LogP contribution in [0.3, 0.4) is 0 Å². The molecule has 1 atom stereocenters. The van der Waals surface area contributed by atoms with Crippen molar-refractivity contribution in [3.8, 4) is 0 Å². The Morgan fingerprint density at radius 1 is 1.17 bits per heavy atom. The van der Waals surface area contributed by atoms with E-state index in [0.29, 0.717) is 19.2 Å². The van der Waals surface area contributed by atoms with E-state index in [9.17, 15) is 4.79 Å². The Bertz CT molecular complexity index is 701. The summed E-state index contributed by atoms with van der Waals surface area (Å²) in [7, 11) is 1.36. The molecule has 0 aromatic heterocycles. The Hall–Kier alpha value is -2.82. The number of ether oxygens (including phenoxy) is 2. The third kappa shape index (κ3) is 3.74. The Morgan fingerprint density at radius 2 is 1.83 bits per heavy atom. The molecule has 3 rings (SSSR count). The average molecular weight is 324 g/mol. The van der Waals surface area contributed by atoms with Crippen molar-refractivity contribution in [1.29, 1.82) is 0 Å². The third-order valence-electron chi connectivity index (χ3n) is 3.89. The average Bonchev–Trinajstić information content (AvgIpc) is 3.10.